The summed E-state index contributed by atoms with van der Waals surface area (Å²) >= 11 is 0. The first kappa shape index (κ1) is 10.0. The summed E-state index contributed by atoms with van der Waals surface area (Å²) in [6.45, 7) is 1.80. The summed E-state index contributed by atoms with van der Waals surface area (Å²) in [4.78, 5) is 0.0767. The molecule has 0 spiro atoms. The van der Waals surface area contributed by atoms with Gasteiger partial charge in [-0.15, -0.1) is 0 Å². The van der Waals surface area contributed by atoms with Gasteiger partial charge in [0.25, 0.3) is 0 Å². The van der Waals surface area contributed by atoms with Crippen molar-refractivity contribution in [3.63, 3.8) is 0 Å². The van der Waals surface area contributed by atoms with Crippen molar-refractivity contribution in [1.82, 2.24) is 0 Å². The minimum atomic E-state index is -3.67. The molecule has 0 saturated heterocycles. The molecule has 1 rings (SSSR count). The number of rotatable bonds is 2. The van der Waals surface area contributed by atoms with E-state index >= 15 is 0 Å². The van der Waals surface area contributed by atoms with Gasteiger partial charge < -0.3 is 5.11 Å². The standard InChI is InChI=1S/C8H11NO3S/c1-2-6-5-7(10)3-4-8(6)13(9,11)12/h3-5,10H,2H2,1H3,(H2,9,11,12). The predicted octanol–water partition coefficient (Wildman–Crippen LogP) is 0.602. The van der Waals surface area contributed by atoms with Crippen molar-refractivity contribution in [2.24, 2.45) is 5.14 Å². The summed E-state index contributed by atoms with van der Waals surface area (Å²) in [5, 5.41) is 14.1. The number of primary sulfonamides is 1. The van der Waals surface area contributed by atoms with E-state index in [0.717, 1.165) is 0 Å². The number of sulfonamides is 1. The second-order valence-corrected chi connectivity index (χ2v) is 4.22. The van der Waals surface area contributed by atoms with E-state index in [1.54, 1.807) is 6.92 Å². The molecule has 0 atom stereocenters. The summed E-state index contributed by atoms with van der Waals surface area (Å²) < 4.78 is 22.0. The van der Waals surface area contributed by atoms with Crippen LogP contribution in [0.3, 0.4) is 0 Å². The molecule has 1 aromatic rings. The van der Waals surface area contributed by atoms with Crippen LogP contribution in [0.2, 0.25) is 0 Å². The number of aryl methyl sites for hydroxylation is 1. The van der Waals surface area contributed by atoms with Crippen LogP contribution in [0.1, 0.15) is 12.5 Å². The van der Waals surface area contributed by atoms with E-state index < -0.39 is 10.0 Å². The zero-order valence-electron chi connectivity index (χ0n) is 7.19. The van der Waals surface area contributed by atoms with E-state index in [0.29, 0.717) is 12.0 Å². The van der Waals surface area contributed by atoms with Crippen LogP contribution in [0, 0.1) is 0 Å². The molecule has 0 fully saturated rings. The highest BCUT2D eigenvalue weighted by atomic mass is 32.2. The van der Waals surface area contributed by atoms with Gasteiger partial charge in [-0.2, -0.15) is 0 Å². The Morgan fingerprint density at radius 2 is 2.08 bits per heavy atom. The molecule has 0 unspecified atom stereocenters. The summed E-state index contributed by atoms with van der Waals surface area (Å²) in [7, 11) is -3.67. The normalized spacial score (nSPS) is 11.5. The first-order valence-electron chi connectivity index (χ1n) is 3.80. The SMILES string of the molecule is CCc1cc(O)ccc1S(N)(=O)=O. The Morgan fingerprint density at radius 3 is 2.54 bits per heavy atom. The highest BCUT2D eigenvalue weighted by Gasteiger charge is 2.12. The van der Waals surface area contributed by atoms with Crippen molar-refractivity contribution in [1.29, 1.82) is 0 Å². The van der Waals surface area contributed by atoms with Crippen molar-refractivity contribution in [2.75, 3.05) is 0 Å². The van der Waals surface area contributed by atoms with Crippen molar-refractivity contribution in [3.8, 4) is 5.75 Å². The molecule has 0 radical (unpaired) electrons. The third-order valence-electron chi connectivity index (χ3n) is 1.73. The molecule has 13 heavy (non-hydrogen) atoms. The van der Waals surface area contributed by atoms with E-state index in [4.69, 9.17) is 10.2 Å². The van der Waals surface area contributed by atoms with Crippen LogP contribution >= 0.6 is 0 Å². The van der Waals surface area contributed by atoms with Gasteiger partial charge in [-0.1, -0.05) is 6.92 Å². The minimum Gasteiger partial charge on any atom is -0.508 e. The second-order valence-electron chi connectivity index (χ2n) is 2.69. The molecule has 0 aliphatic carbocycles. The topological polar surface area (TPSA) is 80.4 Å². The Morgan fingerprint density at radius 1 is 1.46 bits per heavy atom. The molecule has 0 aliphatic rings. The van der Waals surface area contributed by atoms with E-state index in [9.17, 15) is 8.42 Å². The van der Waals surface area contributed by atoms with Gasteiger partial charge in [-0.05, 0) is 30.2 Å². The summed E-state index contributed by atoms with van der Waals surface area (Å²) in [6, 6.07) is 4.02. The largest absolute Gasteiger partial charge is 0.508 e. The first-order valence-corrected chi connectivity index (χ1v) is 5.34. The van der Waals surface area contributed by atoms with Crippen LogP contribution in [0.4, 0.5) is 0 Å². The van der Waals surface area contributed by atoms with Crippen LogP contribution in [-0.2, 0) is 16.4 Å². The first-order chi connectivity index (χ1) is 5.95. The van der Waals surface area contributed by atoms with Crippen molar-refractivity contribution in [2.45, 2.75) is 18.2 Å². The van der Waals surface area contributed by atoms with Gasteiger partial charge >= 0.3 is 0 Å². The van der Waals surface area contributed by atoms with Gasteiger partial charge in [0.1, 0.15) is 5.75 Å². The fraction of sp³-hybridized carbons (Fsp3) is 0.250. The summed E-state index contributed by atoms with van der Waals surface area (Å²) in [6.07, 6.45) is 0.514. The number of benzene rings is 1. The maximum absolute atomic E-state index is 11.0. The summed E-state index contributed by atoms with van der Waals surface area (Å²) in [5.41, 5.74) is 0.530. The molecule has 0 aliphatic heterocycles. The third kappa shape index (κ3) is 2.19. The highest BCUT2D eigenvalue weighted by molar-refractivity contribution is 7.89. The molecule has 5 heteroatoms. The Kier molecular flexibility index (Phi) is 2.58. The molecule has 0 bridgehead atoms. The minimum absolute atomic E-state index is 0.0456. The number of phenolic OH excluding ortho intramolecular Hbond substituents is 1. The Labute approximate surface area is 77.1 Å². The molecule has 72 valence electrons. The van der Waals surface area contributed by atoms with Gasteiger partial charge in [0.2, 0.25) is 10.0 Å². The molecular weight excluding hydrogens is 190 g/mol. The molecule has 1 aromatic carbocycles. The van der Waals surface area contributed by atoms with E-state index in [1.165, 1.54) is 18.2 Å². The fourth-order valence-corrected chi connectivity index (χ4v) is 1.95. The Balaban J connectivity index is 3.39. The number of phenols is 1. The maximum atomic E-state index is 11.0. The van der Waals surface area contributed by atoms with E-state index in [2.05, 4.69) is 0 Å². The molecule has 0 aromatic heterocycles. The molecule has 0 saturated carbocycles. The van der Waals surface area contributed by atoms with Gasteiger partial charge in [0.05, 0.1) is 4.90 Å². The van der Waals surface area contributed by atoms with Crippen molar-refractivity contribution >= 4 is 10.0 Å². The quantitative estimate of drug-likeness (QED) is 0.735. The molecule has 0 heterocycles. The van der Waals surface area contributed by atoms with Crippen LogP contribution in [0.25, 0.3) is 0 Å². The molecule has 3 N–H and O–H groups in total. The van der Waals surface area contributed by atoms with Crippen molar-refractivity contribution in [3.05, 3.63) is 23.8 Å². The Bertz CT molecular complexity index is 411. The monoisotopic (exact) mass is 201 g/mol. The highest BCUT2D eigenvalue weighted by Crippen LogP contribution is 2.20. The van der Waals surface area contributed by atoms with Crippen LogP contribution < -0.4 is 5.14 Å². The van der Waals surface area contributed by atoms with Gasteiger partial charge in [-0.25, -0.2) is 13.6 Å². The van der Waals surface area contributed by atoms with Crippen LogP contribution in [0.5, 0.6) is 5.75 Å². The number of nitrogens with two attached hydrogens (primary N) is 1. The van der Waals surface area contributed by atoms with Crippen LogP contribution in [0.15, 0.2) is 23.1 Å². The lowest BCUT2D eigenvalue weighted by molar-refractivity contribution is 0.474. The predicted molar refractivity (Wildman–Crippen MR) is 48.9 cm³/mol. The fourth-order valence-electron chi connectivity index (χ4n) is 1.12. The summed E-state index contributed by atoms with van der Waals surface area (Å²) in [5.74, 6) is 0.0456. The van der Waals surface area contributed by atoms with Crippen LogP contribution in [-0.4, -0.2) is 13.5 Å². The number of hydrogen-bond donors (Lipinski definition) is 2. The van der Waals surface area contributed by atoms with E-state index in [-0.39, 0.29) is 10.6 Å². The van der Waals surface area contributed by atoms with Gasteiger partial charge in [-0.3, -0.25) is 0 Å². The zero-order chi connectivity index (χ0) is 10.1. The lowest BCUT2D eigenvalue weighted by Gasteiger charge is -2.05. The Hall–Kier alpha value is -1.07. The van der Waals surface area contributed by atoms with E-state index in [1.807, 2.05) is 0 Å². The lowest BCUT2D eigenvalue weighted by Crippen LogP contribution is -2.14. The third-order valence-corrected chi connectivity index (χ3v) is 2.74. The second kappa shape index (κ2) is 3.35. The molecule has 0 amide bonds. The zero-order valence-corrected chi connectivity index (χ0v) is 8.00. The maximum Gasteiger partial charge on any atom is 0.238 e. The molecule has 4 nitrogen and oxygen atoms in total. The smallest absolute Gasteiger partial charge is 0.238 e. The van der Waals surface area contributed by atoms with Gasteiger partial charge in [0.15, 0.2) is 0 Å². The number of aromatic hydroxyl groups is 1. The van der Waals surface area contributed by atoms with Crippen molar-refractivity contribution < 1.29 is 13.5 Å². The average molecular weight is 201 g/mol. The molecular formula is C8H11NO3S. The van der Waals surface area contributed by atoms with Gasteiger partial charge in [0, 0.05) is 0 Å². The number of hydrogen-bond acceptors (Lipinski definition) is 3. The lowest BCUT2D eigenvalue weighted by atomic mass is 10.2. The average Bonchev–Trinajstić information content (AvgIpc) is 2.01.